The molecule has 20 heavy (non-hydrogen) atoms. The van der Waals surface area contributed by atoms with E-state index in [0.29, 0.717) is 5.82 Å². The first-order chi connectivity index (χ1) is 9.70. The van der Waals surface area contributed by atoms with E-state index < -0.39 is 0 Å². The summed E-state index contributed by atoms with van der Waals surface area (Å²) in [7, 11) is 0. The Bertz CT molecular complexity index is 559. The molecular weight excluding hydrogens is 258 g/mol. The zero-order chi connectivity index (χ0) is 14.1. The van der Waals surface area contributed by atoms with Crippen LogP contribution >= 0.6 is 0 Å². The lowest BCUT2D eigenvalue weighted by atomic mass is 10.0. The van der Waals surface area contributed by atoms with Gasteiger partial charge in [0.1, 0.15) is 0 Å². The third-order valence-corrected chi connectivity index (χ3v) is 3.98. The largest absolute Gasteiger partial charge is 0.349 e. The van der Waals surface area contributed by atoms with Crippen molar-refractivity contribution in [2.75, 3.05) is 31.2 Å². The van der Waals surface area contributed by atoms with Gasteiger partial charge in [-0.25, -0.2) is 4.98 Å². The Morgan fingerprint density at radius 2 is 2.40 bits per heavy atom. The summed E-state index contributed by atoms with van der Waals surface area (Å²) >= 11 is 0. The van der Waals surface area contributed by atoms with Gasteiger partial charge < -0.3 is 4.90 Å². The summed E-state index contributed by atoms with van der Waals surface area (Å²) in [6.45, 7) is 5.26. The molecule has 0 spiro atoms. The highest BCUT2D eigenvalue weighted by Gasteiger charge is 2.35. The SMILES string of the molecule is CCN1CN=C2CCN(c3ncccc3[N+](=O)[O-])CC21. The molecule has 0 amide bonds. The highest BCUT2D eigenvalue weighted by Crippen LogP contribution is 2.29. The molecule has 1 aromatic heterocycles. The summed E-state index contributed by atoms with van der Waals surface area (Å²) in [6.07, 6.45) is 2.47. The molecule has 1 atom stereocenters. The Balaban J connectivity index is 1.86. The van der Waals surface area contributed by atoms with Crippen LogP contribution in [0.2, 0.25) is 0 Å². The summed E-state index contributed by atoms with van der Waals surface area (Å²) in [5.74, 6) is 0.472. The Kier molecular flexibility index (Phi) is 3.35. The minimum atomic E-state index is -0.363. The van der Waals surface area contributed by atoms with Crippen LogP contribution in [0.1, 0.15) is 13.3 Å². The molecule has 1 aromatic rings. The quantitative estimate of drug-likeness (QED) is 0.614. The van der Waals surface area contributed by atoms with Crippen LogP contribution < -0.4 is 4.90 Å². The van der Waals surface area contributed by atoms with Crippen molar-refractivity contribution in [1.82, 2.24) is 9.88 Å². The van der Waals surface area contributed by atoms with Crippen molar-refractivity contribution in [2.24, 2.45) is 4.99 Å². The summed E-state index contributed by atoms with van der Waals surface area (Å²) in [5, 5.41) is 11.1. The van der Waals surface area contributed by atoms with Crippen LogP contribution in [0.3, 0.4) is 0 Å². The topological polar surface area (TPSA) is 74.9 Å². The molecule has 0 bridgehead atoms. The molecule has 0 saturated carbocycles. The number of aliphatic imine (C=N–C) groups is 1. The molecule has 0 radical (unpaired) electrons. The van der Waals surface area contributed by atoms with E-state index >= 15 is 0 Å². The van der Waals surface area contributed by atoms with Crippen molar-refractivity contribution in [1.29, 1.82) is 0 Å². The van der Waals surface area contributed by atoms with Gasteiger partial charge in [-0.2, -0.15) is 0 Å². The van der Waals surface area contributed by atoms with E-state index in [1.807, 2.05) is 4.90 Å². The molecular formula is C13H17N5O2. The third kappa shape index (κ3) is 2.14. The Morgan fingerprint density at radius 3 is 3.15 bits per heavy atom. The number of piperidine rings is 1. The molecule has 106 valence electrons. The number of likely N-dealkylation sites (N-methyl/N-ethyl adjacent to an activating group) is 1. The minimum Gasteiger partial charge on any atom is -0.349 e. The lowest BCUT2D eigenvalue weighted by molar-refractivity contribution is -0.384. The molecule has 3 rings (SSSR count). The van der Waals surface area contributed by atoms with Gasteiger partial charge in [-0.05, 0) is 12.6 Å². The summed E-state index contributed by atoms with van der Waals surface area (Å²) in [4.78, 5) is 23.8. The highest BCUT2D eigenvalue weighted by molar-refractivity contribution is 5.93. The fraction of sp³-hybridized carbons (Fsp3) is 0.538. The van der Waals surface area contributed by atoms with E-state index in [1.54, 1.807) is 12.3 Å². The van der Waals surface area contributed by atoms with Gasteiger partial charge >= 0.3 is 5.69 Å². The molecule has 2 aliphatic rings. The van der Waals surface area contributed by atoms with Gasteiger partial charge in [0.15, 0.2) is 0 Å². The average molecular weight is 275 g/mol. The number of nitrogens with zero attached hydrogens (tertiary/aromatic N) is 5. The highest BCUT2D eigenvalue weighted by atomic mass is 16.6. The summed E-state index contributed by atoms with van der Waals surface area (Å²) < 4.78 is 0. The number of fused-ring (bicyclic) bond motifs is 1. The molecule has 7 heteroatoms. The second-order valence-corrected chi connectivity index (χ2v) is 5.01. The van der Waals surface area contributed by atoms with E-state index in [9.17, 15) is 10.1 Å². The number of nitro groups is 1. The predicted molar refractivity (Wildman–Crippen MR) is 76.2 cm³/mol. The first-order valence-corrected chi connectivity index (χ1v) is 6.82. The van der Waals surface area contributed by atoms with Gasteiger partial charge in [-0.15, -0.1) is 0 Å². The van der Waals surface area contributed by atoms with E-state index in [2.05, 4.69) is 21.8 Å². The van der Waals surface area contributed by atoms with Crippen LogP contribution in [0.4, 0.5) is 11.5 Å². The average Bonchev–Trinajstić information content (AvgIpc) is 2.89. The van der Waals surface area contributed by atoms with Crippen molar-refractivity contribution in [2.45, 2.75) is 19.4 Å². The number of rotatable bonds is 3. The number of pyridine rings is 1. The van der Waals surface area contributed by atoms with E-state index in [4.69, 9.17) is 0 Å². The zero-order valence-electron chi connectivity index (χ0n) is 11.4. The monoisotopic (exact) mass is 275 g/mol. The molecule has 0 aliphatic carbocycles. The maximum absolute atomic E-state index is 11.1. The van der Waals surface area contributed by atoms with Crippen molar-refractivity contribution < 1.29 is 4.92 Å². The molecule has 0 aromatic carbocycles. The van der Waals surface area contributed by atoms with Gasteiger partial charge in [0.25, 0.3) is 0 Å². The maximum Gasteiger partial charge on any atom is 0.311 e. The molecule has 2 aliphatic heterocycles. The van der Waals surface area contributed by atoms with Crippen LogP contribution in [0.15, 0.2) is 23.3 Å². The van der Waals surface area contributed by atoms with E-state index in [0.717, 1.165) is 32.7 Å². The van der Waals surface area contributed by atoms with E-state index in [1.165, 1.54) is 11.8 Å². The number of hydrogen-bond donors (Lipinski definition) is 0. The van der Waals surface area contributed by atoms with Crippen molar-refractivity contribution >= 4 is 17.2 Å². The number of aromatic nitrogens is 1. The van der Waals surface area contributed by atoms with E-state index in [-0.39, 0.29) is 16.7 Å². The second kappa shape index (κ2) is 5.16. The zero-order valence-corrected chi connectivity index (χ0v) is 11.4. The van der Waals surface area contributed by atoms with Crippen LogP contribution in [0.5, 0.6) is 0 Å². The van der Waals surface area contributed by atoms with Crippen LogP contribution in [-0.4, -0.2) is 52.9 Å². The van der Waals surface area contributed by atoms with Crippen LogP contribution in [0, 0.1) is 10.1 Å². The summed E-state index contributed by atoms with van der Waals surface area (Å²) in [5.41, 5.74) is 1.30. The minimum absolute atomic E-state index is 0.0777. The molecule has 0 N–H and O–H groups in total. The molecule has 1 unspecified atom stereocenters. The number of hydrogen-bond acceptors (Lipinski definition) is 6. The lowest BCUT2D eigenvalue weighted by Crippen LogP contribution is -2.50. The predicted octanol–water partition coefficient (Wildman–Crippen LogP) is 1.30. The molecule has 3 heterocycles. The fourth-order valence-electron chi connectivity index (χ4n) is 2.90. The summed E-state index contributed by atoms with van der Waals surface area (Å²) in [6, 6.07) is 3.39. The first-order valence-electron chi connectivity index (χ1n) is 6.82. The first kappa shape index (κ1) is 13.0. The smallest absolute Gasteiger partial charge is 0.311 e. The van der Waals surface area contributed by atoms with Gasteiger partial charge in [0.05, 0.1) is 17.6 Å². The van der Waals surface area contributed by atoms with Crippen molar-refractivity contribution in [3.05, 3.63) is 28.4 Å². The number of anilines is 1. The fourth-order valence-corrected chi connectivity index (χ4v) is 2.90. The van der Waals surface area contributed by atoms with Crippen molar-refractivity contribution in [3.63, 3.8) is 0 Å². The van der Waals surface area contributed by atoms with Crippen molar-refractivity contribution in [3.8, 4) is 0 Å². The maximum atomic E-state index is 11.1. The lowest BCUT2D eigenvalue weighted by Gasteiger charge is -2.35. The standard InChI is InChI=1S/C13H17N5O2/c1-2-16-9-15-10-5-7-17(8-12(10)16)13-11(18(19)20)4-3-6-14-13/h3-4,6,12H,2,5,7-9H2,1H3. The Hall–Kier alpha value is -2.02. The van der Waals surface area contributed by atoms with Gasteiger partial charge in [-0.3, -0.25) is 20.0 Å². The Labute approximate surface area is 117 Å². The second-order valence-electron chi connectivity index (χ2n) is 5.01. The normalized spacial score (nSPS) is 22.6. The van der Waals surface area contributed by atoms with Gasteiger partial charge in [0, 0.05) is 37.5 Å². The van der Waals surface area contributed by atoms with Crippen LogP contribution in [-0.2, 0) is 0 Å². The van der Waals surface area contributed by atoms with Gasteiger partial charge in [0.2, 0.25) is 5.82 Å². The van der Waals surface area contributed by atoms with Gasteiger partial charge in [-0.1, -0.05) is 6.92 Å². The Morgan fingerprint density at radius 1 is 1.55 bits per heavy atom. The molecule has 1 saturated heterocycles. The molecule has 7 nitrogen and oxygen atoms in total. The molecule has 1 fully saturated rings. The third-order valence-electron chi connectivity index (χ3n) is 3.98. The van der Waals surface area contributed by atoms with Crippen LogP contribution in [0.25, 0.3) is 0 Å².